The molecule has 0 unspecified atom stereocenters. The van der Waals surface area contributed by atoms with Gasteiger partial charge in [-0.2, -0.15) is 0 Å². The molecule has 0 bridgehead atoms. The molecule has 0 aliphatic carbocycles. The van der Waals surface area contributed by atoms with E-state index in [1.54, 1.807) is 12.1 Å². The summed E-state index contributed by atoms with van der Waals surface area (Å²) in [4.78, 5) is 52.8. The largest absolute Gasteiger partial charge is 0.454 e. The van der Waals surface area contributed by atoms with Crippen LogP contribution < -0.4 is 5.32 Å². The van der Waals surface area contributed by atoms with Gasteiger partial charge in [0.1, 0.15) is 6.04 Å². The summed E-state index contributed by atoms with van der Waals surface area (Å²) < 4.78 is 5.24. The van der Waals surface area contributed by atoms with Gasteiger partial charge in [0.2, 0.25) is 0 Å². The van der Waals surface area contributed by atoms with Gasteiger partial charge in [0.25, 0.3) is 17.7 Å². The number of benzene rings is 2. The Hall–Kier alpha value is -2.32. The van der Waals surface area contributed by atoms with Crippen molar-refractivity contribution in [3.05, 3.63) is 61.0 Å². The van der Waals surface area contributed by atoms with E-state index in [0.717, 1.165) is 10.5 Å². The minimum absolute atomic E-state index is 0.0821. The summed E-state index contributed by atoms with van der Waals surface area (Å²) >= 11 is 24.5. The number of anilines is 1. The van der Waals surface area contributed by atoms with Gasteiger partial charge < -0.3 is 10.1 Å². The average Bonchev–Trinajstić information content (AvgIpc) is 3.08. The number of hydrogen-bond donors (Lipinski definition) is 1. The van der Waals surface area contributed by atoms with E-state index in [9.17, 15) is 19.2 Å². The van der Waals surface area contributed by atoms with Crippen LogP contribution in [0.1, 0.15) is 66.3 Å². The van der Waals surface area contributed by atoms with Crippen molar-refractivity contribution in [2.24, 2.45) is 5.92 Å². The van der Waals surface area contributed by atoms with Crippen molar-refractivity contribution < 1.29 is 23.9 Å². The molecule has 192 valence electrons. The van der Waals surface area contributed by atoms with Gasteiger partial charge in [-0.1, -0.05) is 92.3 Å². The maximum atomic E-state index is 13.2. The predicted molar refractivity (Wildman–Crippen MR) is 140 cm³/mol. The smallest absolute Gasteiger partial charge is 0.329 e. The minimum atomic E-state index is -1.32. The highest BCUT2D eigenvalue weighted by Gasteiger charge is 2.47. The molecule has 2 aromatic rings. The van der Waals surface area contributed by atoms with E-state index in [0.29, 0.717) is 5.69 Å². The molecule has 1 aliphatic rings. The highest BCUT2D eigenvalue weighted by atomic mass is 35.5. The highest BCUT2D eigenvalue weighted by Crippen LogP contribution is 2.45. The summed E-state index contributed by atoms with van der Waals surface area (Å²) in [7, 11) is 0. The van der Waals surface area contributed by atoms with Gasteiger partial charge in [-0.05, 0) is 29.9 Å². The van der Waals surface area contributed by atoms with E-state index >= 15 is 0 Å². The lowest BCUT2D eigenvalue weighted by Gasteiger charge is -2.26. The zero-order chi connectivity index (χ0) is 26.9. The Morgan fingerprint density at radius 1 is 0.889 bits per heavy atom. The number of hydrogen-bond acceptors (Lipinski definition) is 5. The molecule has 0 fully saturated rings. The second-order valence-electron chi connectivity index (χ2n) is 9.03. The fourth-order valence-corrected chi connectivity index (χ4v) is 4.95. The summed E-state index contributed by atoms with van der Waals surface area (Å²) in [5, 5.41) is 1.91. The molecule has 1 N–H and O–H groups in total. The van der Waals surface area contributed by atoms with Gasteiger partial charge in [0.15, 0.2) is 6.61 Å². The molecule has 1 atom stereocenters. The number of imide groups is 1. The number of rotatable bonds is 8. The normalized spacial score (nSPS) is 13.9. The molecular formula is C25H24Cl4N2O5. The van der Waals surface area contributed by atoms with Crippen LogP contribution in [0.5, 0.6) is 0 Å². The van der Waals surface area contributed by atoms with Crippen molar-refractivity contribution in [3.8, 4) is 0 Å². The van der Waals surface area contributed by atoms with E-state index in [1.807, 2.05) is 39.8 Å². The third-order valence-electron chi connectivity index (χ3n) is 5.61. The van der Waals surface area contributed by atoms with Gasteiger partial charge in [-0.25, -0.2) is 4.79 Å². The van der Waals surface area contributed by atoms with E-state index in [-0.39, 0.29) is 49.5 Å². The van der Waals surface area contributed by atoms with Crippen LogP contribution in [0.2, 0.25) is 20.1 Å². The molecule has 0 spiro atoms. The lowest BCUT2D eigenvalue weighted by Crippen LogP contribution is -2.47. The molecule has 7 nitrogen and oxygen atoms in total. The quantitative estimate of drug-likeness (QED) is 0.166. The fraction of sp³-hybridized carbons (Fsp3) is 0.360. The third-order valence-corrected chi connectivity index (χ3v) is 7.42. The zero-order valence-corrected chi connectivity index (χ0v) is 23.0. The van der Waals surface area contributed by atoms with Crippen molar-refractivity contribution >= 4 is 75.8 Å². The highest BCUT2D eigenvalue weighted by molar-refractivity contribution is 6.55. The van der Waals surface area contributed by atoms with Crippen LogP contribution in [-0.2, 0) is 14.3 Å². The number of esters is 1. The Labute approximate surface area is 229 Å². The standard InChI is InChI=1S/C25H24Cl4N2O5/c1-11(2)9-15(25(35)36-10-16(32)30-14-8-6-5-7-13(14)12(3)4)31-23(33)17-18(24(31)34)20(27)22(29)21(28)19(17)26/h5-8,11-12,15H,9-10H2,1-4H3,(H,30,32)/t15-/m0/s1. The van der Waals surface area contributed by atoms with Gasteiger partial charge in [-0.15, -0.1) is 0 Å². The van der Waals surface area contributed by atoms with Gasteiger partial charge in [0, 0.05) is 5.69 Å². The molecule has 3 amide bonds. The molecule has 11 heteroatoms. The van der Waals surface area contributed by atoms with Gasteiger partial charge in [0.05, 0.1) is 31.2 Å². The van der Waals surface area contributed by atoms with Crippen molar-refractivity contribution in [1.29, 1.82) is 0 Å². The first-order valence-electron chi connectivity index (χ1n) is 11.2. The topological polar surface area (TPSA) is 92.8 Å². The lowest BCUT2D eigenvalue weighted by molar-refractivity contribution is -0.151. The fourth-order valence-electron chi connectivity index (χ4n) is 3.94. The van der Waals surface area contributed by atoms with E-state index in [1.165, 1.54) is 0 Å². The second-order valence-corrected chi connectivity index (χ2v) is 10.5. The number of halogens is 4. The van der Waals surface area contributed by atoms with Gasteiger partial charge in [-0.3, -0.25) is 19.3 Å². The minimum Gasteiger partial charge on any atom is -0.454 e. The van der Waals surface area contributed by atoms with E-state index in [2.05, 4.69) is 5.32 Å². The van der Waals surface area contributed by atoms with Crippen LogP contribution in [0.15, 0.2) is 24.3 Å². The monoisotopic (exact) mass is 572 g/mol. The molecule has 3 rings (SSSR count). The van der Waals surface area contributed by atoms with Crippen LogP contribution in [-0.4, -0.2) is 41.2 Å². The van der Waals surface area contributed by atoms with Crippen molar-refractivity contribution in [2.75, 3.05) is 11.9 Å². The van der Waals surface area contributed by atoms with Crippen LogP contribution in [0.25, 0.3) is 0 Å². The van der Waals surface area contributed by atoms with E-state index < -0.39 is 36.3 Å². The number of nitrogens with zero attached hydrogens (tertiary/aromatic N) is 1. The van der Waals surface area contributed by atoms with Crippen molar-refractivity contribution in [1.82, 2.24) is 4.90 Å². The van der Waals surface area contributed by atoms with Crippen molar-refractivity contribution in [2.45, 2.75) is 46.1 Å². The zero-order valence-electron chi connectivity index (χ0n) is 20.0. The Morgan fingerprint density at radius 3 is 1.92 bits per heavy atom. The Kier molecular flexibility index (Phi) is 8.93. The Morgan fingerprint density at radius 2 is 1.42 bits per heavy atom. The Balaban J connectivity index is 1.82. The van der Waals surface area contributed by atoms with Crippen molar-refractivity contribution in [3.63, 3.8) is 0 Å². The summed E-state index contributed by atoms with van der Waals surface area (Å²) in [6.07, 6.45) is 0.0821. The first-order chi connectivity index (χ1) is 16.9. The Bertz CT molecular complexity index is 1200. The molecule has 1 heterocycles. The average molecular weight is 574 g/mol. The number of carbonyl (C=O) groups is 4. The molecular weight excluding hydrogens is 550 g/mol. The number of carbonyl (C=O) groups excluding carboxylic acids is 4. The molecule has 0 saturated heterocycles. The number of amides is 3. The molecule has 0 radical (unpaired) electrons. The number of para-hydroxylation sites is 1. The summed E-state index contributed by atoms with van der Waals surface area (Å²) in [6.45, 7) is 6.98. The molecule has 1 aliphatic heterocycles. The lowest BCUT2D eigenvalue weighted by atomic mass is 10.0. The van der Waals surface area contributed by atoms with E-state index in [4.69, 9.17) is 51.1 Å². The first kappa shape index (κ1) is 28.3. The summed E-state index contributed by atoms with van der Waals surface area (Å²) in [6, 6.07) is 5.96. The first-order valence-corrected chi connectivity index (χ1v) is 12.7. The van der Waals surface area contributed by atoms with Gasteiger partial charge >= 0.3 is 5.97 Å². The van der Waals surface area contributed by atoms with Crippen LogP contribution >= 0.6 is 46.4 Å². The number of nitrogens with one attached hydrogen (secondary N) is 1. The third kappa shape index (κ3) is 5.49. The number of ether oxygens (including phenoxy) is 1. The number of fused-ring (bicyclic) bond motifs is 1. The molecule has 36 heavy (non-hydrogen) atoms. The van der Waals surface area contributed by atoms with Crippen LogP contribution in [0, 0.1) is 5.92 Å². The maximum absolute atomic E-state index is 13.2. The van der Waals surface area contributed by atoms with Crippen LogP contribution in [0.4, 0.5) is 5.69 Å². The molecule has 0 aromatic heterocycles. The summed E-state index contributed by atoms with van der Waals surface area (Å²) in [5.41, 5.74) is 1.06. The van der Waals surface area contributed by atoms with Crippen LogP contribution in [0.3, 0.4) is 0 Å². The maximum Gasteiger partial charge on any atom is 0.329 e. The second kappa shape index (κ2) is 11.4. The SMILES string of the molecule is CC(C)C[C@@H](C(=O)OCC(=O)Nc1ccccc1C(C)C)N1C(=O)c2c(Cl)c(Cl)c(Cl)c(Cl)c2C1=O. The summed E-state index contributed by atoms with van der Waals surface area (Å²) in [5.74, 6) is -3.14. The predicted octanol–water partition coefficient (Wildman–Crippen LogP) is 6.62. The molecule has 0 saturated carbocycles. The molecule has 2 aromatic carbocycles.